The number of aromatic nitrogens is 1. The second-order valence-electron chi connectivity index (χ2n) is 11.1. The summed E-state index contributed by atoms with van der Waals surface area (Å²) >= 11 is 0. The quantitative estimate of drug-likeness (QED) is 0.502. The van der Waals surface area contributed by atoms with Crippen LogP contribution in [0.4, 0.5) is 22.0 Å². The van der Waals surface area contributed by atoms with Crippen molar-refractivity contribution in [3.05, 3.63) is 47.2 Å². The van der Waals surface area contributed by atoms with Crippen molar-refractivity contribution >= 4 is 35.1 Å². The number of fused-ring (bicyclic) bond motifs is 1. The van der Waals surface area contributed by atoms with Gasteiger partial charge in [0.05, 0.1) is 17.9 Å². The second kappa shape index (κ2) is 10.8. The minimum absolute atomic E-state index is 0.137. The third-order valence-electron chi connectivity index (χ3n) is 6.68. The van der Waals surface area contributed by atoms with E-state index in [0.717, 1.165) is 43.5 Å². The van der Waals surface area contributed by atoms with E-state index in [4.69, 9.17) is 4.74 Å². The fourth-order valence-electron chi connectivity index (χ4n) is 4.91. The smallest absolute Gasteiger partial charge is 0.413 e. The summed E-state index contributed by atoms with van der Waals surface area (Å²) in [5.74, 6) is -0.617. The van der Waals surface area contributed by atoms with Gasteiger partial charge in [0.25, 0.3) is 0 Å². The normalized spacial score (nSPS) is 19.3. The highest BCUT2D eigenvalue weighted by molar-refractivity contribution is 6.39. The summed E-state index contributed by atoms with van der Waals surface area (Å²) in [5, 5.41) is 8.72. The molecule has 0 spiro atoms. The lowest BCUT2D eigenvalue weighted by molar-refractivity contribution is -0.146. The van der Waals surface area contributed by atoms with Crippen LogP contribution in [0.25, 0.3) is 0 Å². The molecule has 1 fully saturated rings. The Morgan fingerprint density at radius 2 is 1.92 bits per heavy atom. The number of aryl methyl sites for hydroxylation is 2. The van der Waals surface area contributed by atoms with Crippen LogP contribution in [-0.2, 0) is 20.7 Å². The second-order valence-corrected chi connectivity index (χ2v) is 11.1. The van der Waals surface area contributed by atoms with Crippen LogP contribution in [0.1, 0.15) is 69.7 Å². The number of ether oxygens (including phenoxy) is 1. The molecule has 2 atom stereocenters. The summed E-state index contributed by atoms with van der Waals surface area (Å²) in [6.45, 7) is 10.7. The zero-order chi connectivity index (χ0) is 26.7. The average Bonchev–Trinajstić information content (AvgIpc) is 2.83. The summed E-state index contributed by atoms with van der Waals surface area (Å²) in [6, 6.07) is 7.87. The van der Waals surface area contributed by atoms with E-state index in [2.05, 4.69) is 46.1 Å². The van der Waals surface area contributed by atoms with Crippen LogP contribution in [0.2, 0.25) is 0 Å². The Morgan fingerprint density at radius 1 is 1.14 bits per heavy atom. The molecular formula is C28H37N5O4. The first-order chi connectivity index (χ1) is 17.5. The number of hydrogen-bond donors (Lipinski definition) is 3. The van der Waals surface area contributed by atoms with Gasteiger partial charge in [0.2, 0.25) is 0 Å². The van der Waals surface area contributed by atoms with E-state index in [1.54, 1.807) is 38.7 Å². The molecule has 4 rings (SSSR count). The Hall–Kier alpha value is -3.62. The maximum absolute atomic E-state index is 13.4. The van der Waals surface area contributed by atoms with E-state index >= 15 is 0 Å². The molecule has 3 amide bonds. The number of piperidine rings is 1. The lowest BCUT2D eigenvalue weighted by Gasteiger charge is -2.39. The van der Waals surface area contributed by atoms with E-state index in [0.29, 0.717) is 29.5 Å². The molecule has 1 aromatic carbocycles. The van der Waals surface area contributed by atoms with Crippen LogP contribution < -0.4 is 16.0 Å². The molecule has 3 N–H and O–H groups in total. The Kier molecular flexibility index (Phi) is 7.71. The first-order valence-corrected chi connectivity index (χ1v) is 13.0. The van der Waals surface area contributed by atoms with Crippen LogP contribution in [0, 0.1) is 12.8 Å². The van der Waals surface area contributed by atoms with Gasteiger partial charge in [0, 0.05) is 18.8 Å². The van der Waals surface area contributed by atoms with Crippen molar-refractivity contribution in [1.82, 2.24) is 9.88 Å². The van der Waals surface area contributed by atoms with Gasteiger partial charge < -0.3 is 20.3 Å². The number of benzene rings is 1. The number of likely N-dealkylation sites (tertiary alicyclic amines) is 1. The summed E-state index contributed by atoms with van der Waals surface area (Å²) in [7, 11) is 0. The molecule has 2 aliphatic heterocycles. The Bertz CT molecular complexity index is 1190. The maximum atomic E-state index is 13.4. The van der Waals surface area contributed by atoms with Crippen LogP contribution in [-0.4, -0.2) is 46.5 Å². The van der Waals surface area contributed by atoms with Crippen LogP contribution in [0.5, 0.6) is 0 Å². The van der Waals surface area contributed by atoms with Crippen molar-refractivity contribution in [2.45, 2.75) is 71.9 Å². The van der Waals surface area contributed by atoms with E-state index in [9.17, 15) is 14.4 Å². The molecule has 1 saturated heterocycles. The average molecular weight is 508 g/mol. The summed E-state index contributed by atoms with van der Waals surface area (Å²) < 4.78 is 5.26. The summed E-state index contributed by atoms with van der Waals surface area (Å²) in [4.78, 5) is 44.4. The van der Waals surface area contributed by atoms with E-state index in [1.165, 1.54) is 11.8 Å². The lowest BCUT2D eigenvalue weighted by atomic mass is 9.88. The number of nitrogens with one attached hydrogen (secondary N) is 3. The molecule has 0 saturated carbocycles. The number of carbonyl (C=O) groups excluding carboxylic acids is 3. The van der Waals surface area contributed by atoms with E-state index in [-0.39, 0.29) is 6.04 Å². The highest BCUT2D eigenvalue weighted by Gasteiger charge is 2.34. The number of pyridine rings is 1. The zero-order valence-corrected chi connectivity index (χ0v) is 22.3. The van der Waals surface area contributed by atoms with Gasteiger partial charge >= 0.3 is 17.9 Å². The van der Waals surface area contributed by atoms with Crippen molar-refractivity contribution in [2.75, 3.05) is 29.0 Å². The SMILES string of the molecule is Cc1cc(NC(=O)C(=O)N2C[C@@H](C)CC[C@@H]2c2ccc3c(c2)CCCN3)cnc1NC(=O)OC(C)(C)C. The fourth-order valence-corrected chi connectivity index (χ4v) is 4.91. The van der Waals surface area contributed by atoms with Gasteiger partial charge in [-0.2, -0.15) is 0 Å². The third-order valence-corrected chi connectivity index (χ3v) is 6.68. The van der Waals surface area contributed by atoms with Gasteiger partial charge in [0.1, 0.15) is 11.4 Å². The van der Waals surface area contributed by atoms with Crippen LogP contribution >= 0.6 is 0 Å². The van der Waals surface area contributed by atoms with Gasteiger partial charge in [-0.1, -0.05) is 19.1 Å². The number of anilines is 3. The number of rotatable bonds is 3. The largest absolute Gasteiger partial charge is 0.444 e. The Labute approximate surface area is 218 Å². The molecule has 0 unspecified atom stereocenters. The fraction of sp³-hybridized carbons (Fsp3) is 0.500. The lowest BCUT2D eigenvalue weighted by Crippen LogP contribution is -2.46. The topological polar surface area (TPSA) is 113 Å². The molecule has 2 aromatic rings. The van der Waals surface area contributed by atoms with Crippen LogP contribution in [0.15, 0.2) is 30.5 Å². The summed E-state index contributed by atoms with van der Waals surface area (Å²) in [6.07, 6.45) is 4.72. The van der Waals surface area contributed by atoms with Gasteiger partial charge in [-0.3, -0.25) is 14.9 Å². The van der Waals surface area contributed by atoms with E-state index < -0.39 is 23.5 Å². The molecule has 198 valence electrons. The standard InChI is InChI=1S/C28H37N5O4/c1-17-8-11-23(20-9-10-22-19(14-20)7-6-12-29-22)33(16-17)26(35)25(34)31-21-13-18(2)24(30-15-21)32-27(36)37-28(3,4)5/h9-10,13-15,17,23,29H,6-8,11-12,16H2,1-5H3,(H,31,34)(H,30,32,36)/t17-,23+/m0/s1. The van der Waals surface area contributed by atoms with Crippen LogP contribution in [0.3, 0.4) is 0 Å². The van der Waals surface area contributed by atoms with Crippen molar-refractivity contribution < 1.29 is 19.1 Å². The number of nitrogens with zero attached hydrogens (tertiary/aromatic N) is 2. The first kappa shape index (κ1) is 26.4. The predicted molar refractivity (Wildman–Crippen MR) is 144 cm³/mol. The summed E-state index contributed by atoms with van der Waals surface area (Å²) in [5.41, 5.74) is 3.87. The highest BCUT2D eigenvalue weighted by Crippen LogP contribution is 2.36. The van der Waals surface area contributed by atoms with Gasteiger partial charge in [-0.05, 0) is 88.1 Å². The first-order valence-electron chi connectivity index (χ1n) is 13.0. The molecule has 1 aromatic heterocycles. The monoisotopic (exact) mass is 507 g/mol. The number of amides is 3. The molecule has 2 aliphatic rings. The number of carbonyl (C=O) groups is 3. The molecule has 9 nitrogen and oxygen atoms in total. The van der Waals surface area contributed by atoms with Gasteiger partial charge in [0.15, 0.2) is 0 Å². The van der Waals surface area contributed by atoms with Crippen molar-refractivity contribution in [3.63, 3.8) is 0 Å². The zero-order valence-electron chi connectivity index (χ0n) is 22.3. The molecule has 0 bridgehead atoms. The molecular weight excluding hydrogens is 470 g/mol. The van der Waals surface area contributed by atoms with Gasteiger partial charge in [-0.15, -0.1) is 0 Å². The molecule has 37 heavy (non-hydrogen) atoms. The molecule has 3 heterocycles. The Balaban J connectivity index is 1.45. The minimum Gasteiger partial charge on any atom is -0.444 e. The minimum atomic E-state index is -0.701. The maximum Gasteiger partial charge on any atom is 0.413 e. The molecule has 0 aliphatic carbocycles. The van der Waals surface area contributed by atoms with Gasteiger partial charge in [-0.25, -0.2) is 9.78 Å². The number of hydrogen-bond acceptors (Lipinski definition) is 6. The highest BCUT2D eigenvalue weighted by atomic mass is 16.6. The van der Waals surface area contributed by atoms with Crippen molar-refractivity contribution in [1.29, 1.82) is 0 Å². The molecule has 9 heteroatoms. The Morgan fingerprint density at radius 3 is 2.65 bits per heavy atom. The van der Waals surface area contributed by atoms with Crippen molar-refractivity contribution in [2.24, 2.45) is 5.92 Å². The van der Waals surface area contributed by atoms with E-state index in [1.807, 2.05) is 0 Å². The third kappa shape index (κ3) is 6.58. The van der Waals surface area contributed by atoms with Crippen molar-refractivity contribution in [3.8, 4) is 0 Å². The predicted octanol–water partition coefficient (Wildman–Crippen LogP) is 5.03. The molecule has 0 radical (unpaired) electrons.